The lowest BCUT2D eigenvalue weighted by molar-refractivity contribution is -0.126. The second-order valence-corrected chi connectivity index (χ2v) is 11.2. The van der Waals surface area contributed by atoms with Gasteiger partial charge in [0.25, 0.3) is 0 Å². The van der Waals surface area contributed by atoms with Crippen LogP contribution < -0.4 is 10.6 Å². The van der Waals surface area contributed by atoms with Crippen LogP contribution in [0.2, 0.25) is 0 Å². The van der Waals surface area contributed by atoms with Gasteiger partial charge in [0.1, 0.15) is 0 Å². The van der Waals surface area contributed by atoms with Gasteiger partial charge in [0, 0.05) is 64.7 Å². The number of nitrogens with zero attached hydrogens (tertiary/aromatic N) is 3. The molecule has 1 atom stereocenters. The lowest BCUT2D eigenvalue weighted by Crippen LogP contribution is -2.45. The number of sulfonamides is 1. The molecule has 2 aliphatic rings. The highest BCUT2D eigenvalue weighted by Gasteiger charge is 2.27. The molecule has 2 N–H and O–H groups in total. The van der Waals surface area contributed by atoms with E-state index in [9.17, 15) is 18.0 Å². The van der Waals surface area contributed by atoms with Crippen molar-refractivity contribution in [1.82, 2.24) is 24.7 Å². The van der Waals surface area contributed by atoms with Crippen molar-refractivity contribution in [2.45, 2.75) is 37.0 Å². The minimum absolute atomic E-state index is 0.00987. The van der Waals surface area contributed by atoms with Crippen molar-refractivity contribution in [3.63, 3.8) is 0 Å². The van der Waals surface area contributed by atoms with Crippen LogP contribution in [-0.2, 0) is 19.6 Å². The number of hydrogen-bond donors (Lipinski definition) is 2. The van der Waals surface area contributed by atoms with E-state index in [-0.39, 0.29) is 42.1 Å². The van der Waals surface area contributed by atoms with Gasteiger partial charge >= 0.3 is 0 Å². The van der Waals surface area contributed by atoms with E-state index in [4.69, 9.17) is 0 Å². The van der Waals surface area contributed by atoms with Crippen LogP contribution in [0.25, 0.3) is 0 Å². The van der Waals surface area contributed by atoms with Crippen molar-refractivity contribution >= 4 is 21.8 Å². The SMILES string of the molecule is CN1CCN(CCCNC(=O)C2CCCN(S(=O)(=O)c3ccccc3)CCC(=O)NCC2)CC1. The van der Waals surface area contributed by atoms with E-state index in [2.05, 4.69) is 27.5 Å². The lowest BCUT2D eigenvalue weighted by Gasteiger charge is -2.32. The highest BCUT2D eigenvalue weighted by molar-refractivity contribution is 7.89. The molecule has 2 saturated heterocycles. The minimum atomic E-state index is -3.69. The number of piperazine rings is 1. The van der Waals surface area contributed by atoms with E-state index in [0.29, 0.717) is 32.4 Å². The smallest absolute Gasteiger partial charge is 0.243 e. The molecule has 0 aliphatic carbocycles. The zero-order valence-corrected chi connectivity index (χ0v) is 21.1. The average molecular weight is 494 g/mol. The van der Waals surface area contributed by atoms with Crippen molar-refractivity contribution in [1.29, 1.82) is 0 Å². The molecule has 2 fully saturated rings. The molecule has 2 heterocycles. The monoisotopic (exact) mass is 493 g/mol. The third kappa shape index (κ3) is 8.04. The minimum Gasteiger partial charge on any atom is -0.356 e. The van der Waals surface area contributed by atoms with Gasteiger partial charge in [0.2, 0.25) is 21.8 Å². The number of rotatable bonds is 7. The Kier molecular flexibility index (Phi) is 10.3. The summed E-state index contributed by atoms with van der Waals surface area (Å²) in [4.78, 5) is 30.1. The number of carbonyl (C=O) groups is 2. The average Bonchev–Trinajstić information content (AvgIpc) is 2.88. The maximum absolute atomic E-state index is 13.1. The molecule has 10 heteroatoms. The summed E-state index contributed by atoms with van der Waals surface area (Å²) in [5.41, 5.74) is 0. The molecular weight excluding hydrogens is 454 g/mol. The Hall–Kier alpha value is -2.01. The number of hydrogen-bond acceptors (Lipinski definition) is 6. The van der Waals surface area contributed by atoms with Gasteiger partial charge in [-0.15, -0.1) is 0 Å². The molecule has 1 aromatic rings. The quantitative estimate of drug-likeness (QED) is 0.543. The van der Waals surface area contributed by atoms with Crippen molar-refractivity contribution in [2.24, 2.45) is 5.92 Å². The third-order valence-electron chi connectivity index (χ3n) is 6.66. The highest BCUT2D eigenvalue weighted by Crippen LogP contribution is 2.19. The van der Waals surface area contributed by atoms with Crippen LogP contribution in [0.3, 0.4) is 0 Å². The van der Waals surface area contributed by atoms with Gasteiger partial charge in [0.15, 0.2) is 0 Å². The molecule has 3 rings (SSSR count). The van der Waals surface area contributed by atoms with Gasteiger partial charge in [-0.2, -0.15) is 4.31 Å². The van der Waals surface area contributed by atoms with Gasteiger partial charge in [-0.3, -0.25) is 9.59 Å². The Balaban J connectivity index is 1.51. The molecule has 9 nitrogen and oxygen atoms in total. The number of amides is 2. The van der Waals surface area contributed by atoms with Crippen LogP contribution in [0.4, 0.5) is 0 Å². The molecule has 0 saturated carbocycles. The van der Waals surface area contributed by atoms with Crippen molar-refractivity contribution in [3.8, 4) is 0 Å². The fourth-order valence-corrected chi connectivity index (χ4v) is 5.95. The molecule has 0 bridgehead atoms. The molecule has 34 heavy (non-hydrogen) atoms. The normalized spacial score (nSPS) is 22.5. The maximum Gasteiger partial charge on any atom is 0.243 e. The summed E-state index contributed by atoms with van der Waals surface area (Å²) in [6.45, 7) is 6.73. The molecule has 1 unspecified atom stereocenters. The molecule has 0 spiro atoms. The van der Waals surface area contributed by atoms with E-state index in [0.717, 1.165) is 39.1 Å². The predicted molar refractivity (Wildman–Crippen MR) is 132 cm³/mol. The third-order valence-corrected chi connectivity index (χ3v) is 8.57. The summed E-state index contributed by atoms with van der Waals surface area (Å²) in [5, 5.41) is 5.90. The Bertz CT molecular complexity index is 888. The molecular formula is C24H39N5O4S. The topological polar surface area (TPSA) is 102 Å². The first kappa shape index (κ1) is 26.6. The van der Waals surface area contributed by atoms with E-state index in [1.807, 2.05) is 0 Å². The summed E-state index contributed by atoms with van der Waals surface area (Å²) in [6, 6.07) is 8.29. The Morgan fingerprint density at radius 1 is 1.06 bits per heavy atom. The number of carbonyl (C=O) groups excluding carboxylic acids is 2. The summed E-state index contributed by atoms with van der Waals surface area (Å²) >= 11 is 0. The zero-order chi connectivity index (χ0) is 24.4. The van der Waals surface area contributed by atoms with Crippen LogP contribution in [-0.4, -0.2) is 100 Å². The summed E-state index contributed by atoms with van der Waals surface area (Å²) in [6.07, 6.45) is 2.72. The fourth-order valence-electron chi connectivity index (χ4n) is 4.44. The second kappa shape index (κ2) is 13.2. The van der Waals surface area contributed by atoms with Gasteiger partial charge in [-0.1, -0.05) is 18.2 Å². The lowest BCUT2D eigenvalue weighted by atomic mass is 9.98. The van der Waals surface area contributed by atoms with Crippen LogP contribution in [0.1, 0.15) is 32.1 Å². The molecule has 0 radical (unpaired) electrons. The largest absolute Gasteiger partial charge is 0.356 e. The van der Waals surface area contributed by atoms with E-state index < -0.39 is 10.0 Å². The maximum atomic E-state index is 13.1. The highest BCUT2D eigenvalue weighted by atomic mass is 32.2. The van der Waals surface area contributed by atoms with E-state index in [1.54, 1.807) is 30.3 Å². The van der Waals surface area contributed by atoms with Crippen molar-refractivity contribution < 1.29 is 18.0 Å². The molecule has 2 amide bonds. The first-order valence-corrected chi connectivity index (χ1v) is 13.8. The number of benzene rings is 1. The number of likely N-dealkylation sites (N-methyl/N-ethyl adjacent to an activating group) is 1. The van der Waals surface area contributed by atoms with Crippen LogP contribution in [0, 0.1) is 5.92 Å². The van der Waals surface area contributed by atoms with Gasteiger partial charge in [-0.25, -0.2) is 8.42 Å². The summed E-state index contributed by atoms with van der Waals surface area (Å²) in [7, 11) is -1.55. The summed E-state index contributed by atoms with van der Waals surface area (Å²) in [5.74, 6) is -0.450. The van der Waals surface area contributed by atoms with Crippen LogP contribution >= 0.6 is 0 Å². The first-order chi connectivity index (χ1) is 16.4. The number of nitrogens with one attached hydrogen (secondary N) is 2. The Labute approximate surface area is 203 Å². The molecule has 2 aliphatic heterocycles. The predicted octanol–water partition coefficient (Wildman–Crippen LogP) is 0.737. The molecule has 190 valence electrons. The van der Waals surface area contributed by atoms with Gasteiger partial charge < -0.3 is 20.4 Å². The zero-order valence-electron chi connectivity index (χ0n) is 20.2. The fraction of sp³-hybridized carbons (Fsp3) is 0.667. The standard InChI is InChI=1S/C24H39N5O4S/c1-27-17-19-28(20-18-27)14-6-12-26-24(31)21-7-5-15-29(16-11-23(30)25-13-10-21)34(32,33)22-8-3-2-4-9-22/h2-4,8-9,21H,5-7,10-20H2,1H3,(H,25,30)(H,26,31). The second-order valence-electron chi connectivity index (χ2n) is 9.23. The van der Waals surface area contributed by atoms with E-state index in [1.165, 1.54) is 4.31 Å². The Morgan fingerprint density at radius 3 is 2.53 bits per heavy atom. The van der Waals surface area contributed by atoms with Gasteiger partial charge in [0.05, 0.1) is 4.90 Å². The van der Waals surface area contributed by atoms with E-state index >= 15 is 0 Å². The van der Waals surface area contributed by atoms with Crippen LogP contribution in [0.15, 0.2) is 35.2 Å². The Morgan fingerprint density at radius 2 is 1.79 bits per heavy atom. The molecule has 0 aromatic heterocycles. The van der Waals surface area contributed by atoms with Crippen LogP contribution in [0.5, 0.6) is 0 Å². The van der Waals surface area contributed by atoms with Crippen molar-refractivity contribution in [3.05, 3.63) is 30.3 Å². The van der Waals surface area contributed by atoms with Gasteiger partial charge in [-0.05, 0) is 51.4 Å². The first-order valence-electron chi connectivity index (χ1n) is 12.4. The summed E-state index contributed by atoms with van der Waals surface area (Å²) < 4.78 is 27.6. The van der Waals surface area contributed by atoms with Crippen molar-refractivity contribution in [2.75, 3.05) is 66.0 Å². The molecule has 1 aromatic carbocycles.